The third-order valence-electron chi connectivity index (χ3n) is 3.18. The van der Waals surface area contributed by atoms with Crippen molar-refractivity contribution in [2.24, 2.45) is 0 Å². The highest BCUT2D eigenvalue weighted by atomic mass is 28.4. The van der Waals surface area contributed by atoms with Crippen molar-refractivity contribution in [1.29, 1.82) is 0 Å². The monoisotopic (exact) mass is 298 g/mol. The van der Waals surface area contributed by atoms with Crippen LogP contribution in [0.3, 0.4) is 0 Å². The molecule has 0 amide bonds. The molecule has 0 radical (unpaired) electrons. The molecule has 1 atom stereocenters. The summed E-state index contributed by atoms with van der Waals surface area (Å²) in [6, 6.07) is 0. The van der Waals surface area contributed by atoms with Crippen LogP contribution in [-0.2, 0) is 8.85 Å². The summed E-state index contributed by atoms with van der Waals surface area (Å²) in [4.78, 5) is 0. The van der Waals surface area contributed by atoms with Crippen LogP contribution in [0.2, 0.25) is 13.1 Å². The van der Waals surface area contributed by atoms with Gasteiger partial charge in [-0.1, -0.05) is 40.0 Å². The summed E-state index contributed by atoms with van der Waals surface area (Å²) in [5.74, 6) is 6.43. The fourth-order valence-corrected chi connectivity index (χ4v) is 3.71. The van der Waals surface area contributed by atoms with Crippen molar-refractivity contribution in [3.05, 3.63) is 0 Å². The van der Waals surface area contributed by atoms with Gasteiger partial charge in [0.1, 0.15) is 0 Å². The molecule has 0 N–H and O–H groups in total. The van der Waals surface area contributed by atoms with Crippen LogP contribution in [0, 0.1) is 11.8 Å². The van der Waals surface area contributed by atoms with E-state index in [1.165, 1.54) is 19.3 Å². The second kappa shape index (κ2) is 12.4. The molecule has 0 aliphatic carbocycles. The highest BCUT2D eigenvalue weighted by Gasteiger charge is 2.27. The van der Waals surface area contributed by atoms with Crippen molar-refractivity contribution in [1.82, 2.24) is 0 Å². The van der Waals surface area contributed by atoms with Crippen LogP contribution < -0.4 is 0 Å². The second-order valence-corrected chi connectivity index (χ2v) is 9.09. The van der Waals surface area contributed by atoms with Gasteiger partial charge in [-0.15, -0.1) is 11.8 Å². The summed E-state index contributed by atoms with van der Waals surface area (Å²) in [7, 11) is -1.98. The van der Waals surface area contributed by atoms with E-state index < -0.39 is 8.56 Å². The van der Waals surface area contributed by atoms with Crippen LogP contribution in [0.5, 0.6) is 0 Å². The minimum Gasteiger partial charge on any atom is -0.395 e. The molecule has 0 fully saturated rings. The van der Waals surface area contributed by atoms with Crippen LogP contribution in [0.4, 0.5) is 0 Å². The minimum absolute atomic E-state index is 0.233. The molecule has 0 heterocycles. The van der Waals surface area contributed by atoms with Gasteiger partial charge in [-0.05, 0) is 32.4 Å². The molecule has 0 aromatic carbocycles. The van der Waals surface area contributed by atoms with Crippen molar-refractivity contribution in [3.8, 4) is 11.8 Å². The zero-order valence-electron chi connectivity index (χ0n) is 14.3. The van der Waals surface area contributed by atoms with E-state index in [1.807, 2.05) is 0 Å². The average Bonchev–Trinajstić information content (AvgIpc) is 2.41. The van der Waals surface area contributed by atoms with Gasteiger partial charge in [0.05, 0.1) is 6.10 Å². The topological polar surface area (TPSA) is 18.5 Å². The lowest BCUT2D eigenvalue weighted by Crippen LogP contribution is -2.39. The van der Waals surface area contributed by atoms with E-state index in [9.17, 15) is 0 Å². The maximum Gasteiger partial charge on any atom is 0.331 e. The van der Waals surface area contributed by atoms with Crippen molar-refractivity contribution in [3.63, 3.8) is 0 Å². The van der Waals surface area contributed by atoms with Crippen LogP contribution in [0.25, 0.3) is 0 Å². The fourth-order valence-electron chi connectivity index (χ4n) is 1.95. The van der Waals surface area contributed by atoms with Gasteiger partial charge in [0.25, 0.3) is 0 Å². The first-order chi connectivity index (χ1) is 9.55. The second-order valence-electron chi connectivity index (χ2n) is 5.76. The molecule has 0 saturated heterocycles. The zero-order valence-corrected chi connectivity index (χ0v) is 15.3. The average molecular weight is 299 g/mol. The molecule has 0 spiro atoms. The molecule has 0 bridgehead atoms. The largest absolute Gasteiger partial charge is 0.395 e. The Morgan fingerprint density at radius 2 is 1.70 bits per heavy atom. The molecular formula is C17H34O2Si. The Morgan fingerprint density at radius 3 is 2.30 bits per heavy atom. The Balaban J connectivity index is 3.97. The molecule has 3 heteroatoms. The van der Waals surface area contributed by atoms with Crippen molar-refractivity contribution >= 4 is 8.56 Å². The van der Waals surface area contributed by atoms with Gasteiger partial charge < -0.3 is 8.85 Å². The van der Waals surface area contributed by atoms with E-state index in [2.05, 4.69) is 45.7 Å². The quantitative estimate of drug-likeness (QED) is 0.294. The van der Waals surface area contributed by atoms with Crippen molar-refractivity contribution in [2.75, 3.05) is 6.61 Å². The van der Waals surface area contributed by atoms with Crippen molar-refractivity contribution in [2.45, 2.75) is 91.3 Å². The molecule has 20 heavy (non-hydrogen) atoms. The van der Waals surface area contributed by atoms with E-state index in [-0.39, 0.29) is 6.10 Å². The first kappa shape index (κ1) is 19.7. The van der Waals surface area contributed by atoms with Gasteiger partial charge in [0, 0.05) is 19.4 Å². The summed E-state index contributed by atoms with van der Waals surface area (Å²) in [6.45, 7) is 11.7. The third kappa shape index (κ3) is 11.5. The first-order valence-electron chi connectivity index (χ1n) is 8.33. The Morgan fingerprint density at radius 1 is 0.950 bits per heavy atom. The van der Waals surface area contributed by atoms with Crippen LogP contribution >= 0.6 is 0 Å². The number of hydrogen-bond donors (Lipinski definition) is 0. The maximum absolute atomic E-state index is 6.19. The predicted molar refractivity (Wildman–Crippen MR) is 90.0 cm³/mol. The molecule has 0 rings (SSSR count). The lowest BCUT2D eigenvalue weighted by Gasteiger charge is -2.27. The number of hydrogen-bond acceptors (Lipinski definition) is 2. The Bertz CT molecular complexity index is 278. The molecule has 0 aromatic rings. The van der Waals surface area contributed by atoms with E-state index in [0.717, 1.165) is 38.7 Å². The van der Waals surface area contributed by atoms with E-state index >= 15 is 0 Å². The Labute approximate surface area is 127 Å². The Kier molecular flexibility index (Phi) is 12.2. The first-order valence-corrected chi connectivity index (χ1v) is 11.1. The van der Waals surface area contributed by atoms with Gasteiger partial charge >= 0.3 is 8.56 Å². The van der Waals surface area contributed by atoms with Crippen LogP contribution in [0.1, 0.15) is 72.1 Å². The lowest BCUT2D eigenvalue weighted by molar-refractivity contribution is 0.119. The highest BCUT2D eigenvalue weighted by Crippen LogP contribution is 2.15. The molecule has 0 saturated carbocycles. The van der Waals surface area contributed by atoms with Gasteiger partial charge in [0.2, 0.25) is 0 Å². The van der Waals surface area contributed by atoms with Gasteiger partial charge in [0.15, 0.2) is 0 Å². The van der Waals surface area contributed by atoms with Gasteiger partial charge in [-0.3, -0.25) is 0 Å². The van der Waals surface area contributed by atoms with Crippen LogP contribution in [0.15, 0.2) is 0 Å². The highest BCUT2D eigenvalue weighted by molar-refractivity contribution is 6.64. The summed E-state index contributed by atoms with van der Waals surface area (Å²) in [5, 5.41) is 0. The smallest absolute Gasteiger partial charge is 0.331 e. The number of rotatable bonds is 11. The number of unbranched alkanes of at least 4 members (excludes halogenated alkanes) is 4. The lowest BCUT2D eigenvalue weighted by atomic mass is 10.2. The van der Waals surface area contributed by atoms with Crippen LogP contribution in [-0.4, -0.2) is 21.3 Å². The molecule has 0 aromatic heterocycles. The fraction of sp³-hybridized carbons (Fsp3) is 0.882. The normalized spacial score (nSPS) is 12.8. The zero-order chi connectivity index (χ0) is 15.3. The molecular weight excluding hydrogens is 264 g/mol. The molecule has 118 valence electrons. The van der Waals surface area contributed by atoms with Gasteiger partial charge in [-0.2, -0.15) is 0 Å². The molecule has 0 aliphatic rings. The Hall–Kier alpha value is -0.303. The molecule has 1 unspecified atom stereocenters. The summed E-state index contributed by atoms with van der Waals surface area (Å²) in [6.07, 6.45) is 9.19. The van der Waals surface area contributed by atoms with Gasteiger partial charge in [-0.25, -0.2) is 0 Å². The standard InChI is InChI=1S/C17H34O2Si/c1-6-9-11-13-15-17(8-3)19-20(4,5)18-16-14-12-10-7-2/h17H,6-10,12,14-16H2,1-5H3. The predicted octanol–water partition coefficient (Wildman–Crippen LogP) is 5.27. The maximum atomic E-state index is 6.19. The SMILES string of the molecule is CCCC#CCC(CC)O[Si](C)(C)OCCCCCC. The summed E-state index contributed by atoms with van der Waals surface area (Å²) in [5.41, 5.74) is 0. The van der Waals surface area contributed by atoms with E-state index in [0.29, 0.717) is 0 Å². The summed E-state index contributed by atoms with van der Waals surface area (Å²) < 4.78 is 12.2. The van der Waals surface area contributed by atoms with E-state index in [4.69, 9.17) is 8.85 Å². The van der Waals surface area contributed by atoms with Crippen molar-refractivity contribution < 1.29 is 8.85 Å². The minimum atomic E-state index is -1.98. The molecule has 0 aliphatic heterocycles. The van der Waals surface area contributed by atoms with E-state index in [1.54, 1.807) is 0 Å². The third-order valence-corrected chi connectivity index (χ3v) is 4.98. The molecule has 2 nitrogen and oxygen atoms in total. The summed E-state index contributed by atoms with van der Waals surface area (Å²) >= 11 is 0.